The van der Waals surface area contributed by atoms with Gasteiger partial charge in [0.2, 0.25) is 0 Å². The van der Waals surface area contributed by atoms with E-state index in [0.29, 0.717) is 15.8 Å². The van der Waals surface area contributed by atoms with Crippen LogP contribution in [0.1, 0.15) is 18.1 Å². The van der Waals surface area contributed by atoms with E-state index < -0.39 is 12.1 Å². The molecule has 0 amide bonds. The smallest absolute Gasteiger partial charge is 0.308 e. The van der Waals surface area contributed by atoms with Crippen LogP contribution in [0.4, 0.5) is 0 Å². The van der Waals surface area contributed by atoms with Crippen molar-refractivity contribution in [2.45, 2.75) is 12.5 Å². The van der Waals surface area contributed by atoms with Crippen molar-refractivity contribution in [3.8, 4) is 5.75 Å². The number of aliphatic hydroxyl groups is 1. The number of benzene rings is 1. The van der Waals surface area contributed by atoms with Crippen molar-refractivity contribution in [2.75, 3.05) is 14.2 Å². The summed E-state index contributed by atoms with van der Waals surface area (Å²) < 4.78 is 10.3. The molecule has 16 heavy (non-hydrogen) atoms. The lowest BCUT2D eigenvalue weighted by molar-refractivity contribution is -0.142. The van der Waals surface area contributed by atoms with E-state index in [2.05, 4.69) is 20.7 Å². The molecule has 0 fully saturated rings. The fourth-order valence-corrected chi connectivity index (χ4v) is 1.97. The van der Waals surface area contributed by atoms with Crippen LogP contribution in [0.5, 0.6) is 5.75 Å². The molecule has 0 heterocycles. The first-order chi connectivity index (χ1) is 7.60. The molecule has 0 aromatic heterocycles. The Hall–Kier alpha value is -1.07. The first kappa shape index (κ1) is 13.0. The number of carbonyl (C=O) groups is 1. The van der Waals surface area contributed by atoms with Crippen LogP contribution < -0.4 is 4.74 Å². The van der Waals surface area contributed by atoms with Crippen molar-refractivity contribution < 1.29 is 19.4 Å². The van der Waals surface area contributed by atoms with E-state index in [1.807, 2.05) is 0 Å². The third kappa shape index (κ3) is 2.96. The van der Waals surface area contributed by atoms with Crippen molar-refractivity contribution >= 4 is 21.9 Å². The van der Waals surface area contributed by atoms with Gasteiger partial charge in [0.15, 0.2) is 0 Å². The third-order valence-corrected chi connectivity index (χ3v) is 2.85. The first-order valence-electron chi connectivity index (χ1n) is 4.67. The van der Waals surface area contributed by atoms with Gasteiger partial charge in [-0.1, -0.05) is 22.0 Å². The molecule has 1 N–H and O–H groups in total. The SMILES string of the molecule is COC(=O)CC(O)c1c(Br)cccc1OC. The number of esters is 1. The highest BCUT2D eigenvalue weighted by atomic mass is 79.9. The van der Waals surface area contributed by atoms with Gasteiger partial charge in [0.25, 0.3) is 0 Å². The van der Waals surface area contributed by atoms with Crippen molar-refractivity contribution in [3.05, 3.63) is 28.2 Å². The minimum Gasteiger partial charge on any atom is -0.496 e. The summed E-state index contributed by atoms with van der Waals surface area (Å²) in [5.74, 6) is 0.0658. The predicted octanol–water partition coefficient (Wildman–Crippen LogP) is 2.05. The summed E-state index contributed by atoms with van der Waals surface area (Å²) in [6, 6.07) is 5.29. The van der Waals surface area contributed by atoms with Crippen molar-refractivity contribution in [1.82, 2.24) is 0 Å². The highest BCUT2D eigenvalue weighted by Crippen LogP contribution is 2.33. The standard InChI is InChI=1S/C11H13BrO4/c1-15-9-5-3-4-7(12)11(9)8(13)6-10(14)16-2/h3-5,8,13H,6H2,1-2H3. The highest BCUT2D eigenvalue weighted by molar-refractivity contribution is 9.10. The number of ether oxygens (including phenoxy) is 2. The van der Waals surface area contributed by atoms with Gasteiger partial charge in [-0.2, -0.15) is 0 Å². The molecule has 1 aromatic rings. The van der Waals surface area contributed by atoms with Gasteiger partial charge in [0.05, 0.1) is 26.7 Å². The van der Waals surface area contributed by atoms with Gasteiger partial charge >= 0.3 is 5.97 Å². The summed E-state index contributed by atoms with van der Waals surface area (Å²) in [7, 11) is 2.79. The maximum absolute atomic E-state index is 11.1. The van der Waals surface area contributed by atoms with Crippen LogP contribution in [0.3, 0.4) is 0 Å². The lowest BCUT2D eigenvalue weighted by Crippen LogP contribution is -2.09. The maximum atomic E-state index is 11.1. The number of hydrogen-bond acceptors (Lipinski definition) is 4. The van der Waals surface area contributed by atoms with Gasteiger partial charge in [-0.3, -0.25) is 4.79 Å². The Labute approximate surface area is 102 Å². The summed E-state index contributed by atoms with van der Waals surface area (Å²) in [5.41, 5.74) is 0.551. The van der Waals surface area contributed by atoms with Crippen LogP contribution in [-0.4, -0.2) is 25.3 Å². The molecule has 0 saturated carbocycles. The Bertz CT molecular complexity index is 378. The summed E-state index contributed by atoms with van der Waals surface area (Å²) in [6.45, 7) is 0. The molecule has 0 aliphatic heterocycles. The van der Waals surface area contributed by atoms with Gasteiger partial charge in [0.1, 0.15) is 5.75 Å². The number of halogens is 1. The third-order valence-electron chi connectivity index (χ3n) is 2.15. The number of hydrogen-bond donors (Lipinski definition) is 1. The van der Waals surface area contributed by atoms with Crippen LogP contribution in [0, 0.1) is 0 Å². The van der Waals surface area contributed by atoms with E-state index in [-0.39, 0.29) is 6.42 Å². The number of carbonyl (C=O) groups excluding carboxylic acids is 1. The van der Waals surface area contributed by atoms with E-state index in [4.69, 9.17) is 4.74 Å². The molecule has 0 aliphatic rings. The van der Waals surface area contributed by atoms with E-state index in [0.717, 1.165) is 0 Å². The average Bonchev–Trinajstić information content (AvgIpc) is 2.28. The van der Waals surface area contributed by atoms with Gasteiger partial charge in [0, 0.05) is 10.0 Å². The average molecular weight is 289 g/mol. The highest BCUT2D eigenvalue weighted by Gasteiger charge is 2.19. The first-order valence-corrected chi connectivity index (χ1v) is 5.46. The molecule has 1 unspecified atom stereocenters. The fraction of sp³-hybridized carbons (Fsp3) is 0.364. The Morgan fingerprint density at radius 3 is 2.75 bits per heavy atom. The van der Waals surface area contributed by atoms with Gasteiger partial charge in [-0.15, -0.1) is 0 Å². The number of rotatable bonds is 4. The number of aliphatic hydroxyl groups excluding tert-OH is 1. The van der Waals surface area contributed by atoms with Crippen LogP contribution in [0.25, 0.3) is 0 Å². The van der Waals surface area contributed by atoms with E-state index >= 15 is 0 Å². The molecule has 0 radical (unpaired) electrons. The molecule has 88 valence electrons. The largest absolute Gasteiger partial charge is 0.496 e. The monoisotopic (exact) mass is 288 g/mol. The van der Waals surface area contributed by atoms with Crippen molar-refractivity contribution in [2.24, 2.45) is 0 Å². The van der Waals surface area contributed by atoms with Crippen molar-refractivity contribution in [1.29, 1.82) is 0 Å². The summed E-state index contributed by atoms with van der Waals surface area (Å²) in [6.07, 6.45) is -1.05. The van der Waals surface area contributed by atoms with E-state index in [9.17, 15) is 9.90 Å². The summed E-state index contributed by atoms with van der Waals surface area (Å²) in [5, 5.41) is 9.90. The topological polar surface area (TPSA) is 55.8 Å². The second-order valence-electron chi connectivity index (χ2n) is 3.15. The minimum absolute atomic E-state index is 0.102. The maximum Gasteiger partial charge on any atom is 0.308 e. The second-order valence-corrected chi connectivity index (χ2v) is 4.01. The van der Waals surface area contributed by atoms with Gasteiger partial charge in [-0.25, -0.2) is 0 Å². The Kier molecular flexibility index (Phi) is 4.76. The zero-order valence-electron chi connectivity index (χ0n) is 9.07. The quantitative estimate of drug-likeness (QED) is 0.862. The minimum atomic E-state index is -0.946. The molecule has 4 nitrogen and oxygen atoms in total. The van der Waals surface area contributed by atoms with Crippen LogP contribution >= 0.6 is 15.9 Å². The molecule has 1 atom stereocenters. The Morgan fingerprint density at radius 1 is 1.50 bits per heavy atom. The Morgan fingerprint density at radius 2 is 2.19 bits per heavy atom. The molecule has 1 rings (SSSR count). The van der Waals surface area contributed by atoms with Crippen LogP contribution in [0.15, 0.2) is 22.7 Å². The van der Waals surface area contributed by atoms with Crippen LogP contribution in [0.2, 0.25) is 0 Å². The zero-order valence-corrected chi connectivity index (χ0v) is 10.7. The van der Waals surface area contributed by atoms with Crippen molar-refractivity contribution in [3.63, 3.8) is 0 Å². The predicted molar refractivity (Wildman–Crippen MR) is 62.3 cm³/mol. The molecule has 0 saturated heterocycles. The fourth-order valence-electron chi connectivity index (χ4n) is 1.36. The summed E-state index contributed by atoms with van der Waals surface area (Å²) in [4.78, 5) is 11.1. The van der Waals surface area contributed by atoms with Crippen LogP contribution in [-0.2, 0) is 9.53 Å². The van der Waals surface area contributed by atoms with E-state index in [1.54, 1.807) is 18.2 Å². The second kappa shape index (κ2) is 5.86. The molecule has 1 aromatic carbocycles. The molecule has 0 bridgehead atoms. The molecule has 0 aliphatic carbocycles. The molecular weight excluding hydrogens is 276 g/mol. The lowest BCUT2D eigenvalue weighted by atomic mass is 10.1. The Balaban J connectivity index is 2.97. The lowest BCUT2D eigenvalue weighted by Gasteiger charge is -2.15. The number of methoxy groups -OCH3 is 2. The summed E-state index contributed by atoms with van der Waals surface area (Å²) >= 11 is 3.31. The van der Waals surface area contributed by atoms with Gasteiger partial charge in [-0.05, 0) is 12.1 Å². The normalized spacial score (nSPS) is 12.0. The molecular formula is C11H13BrO4. The molecule has 5 heteroatoms. The molecule has 0 spiro atoms. The zero-order chi connectivity index (χ0) is 12.1. The van der Waals surface area contributed by atoms with Gasteiger partial charge < -0.3 is 14.6 Å². The van der Waals surface area contributed by atoms with E-state index in [1.165, 1.54) is 14.2 Å².